The van der Waals surface area contributed by atoms with Crippen molar-refractivity contribution in [1.29, 1.82) is 0 Å². The Morgan fingerprint density at radius 1 is 0.977 bits per heavy atom. The molecule has 43 heavy (non-hydrogen) atoms. The van der Waals surface area contributed by atoms with Crippen LogP contribution in [0.1, 0.15) is 72.5 Å². The molecule has 0 bridgehead atoms. The van der Waals surface area contributed by atoms with Crippen LogP contribution in [0, 0.1) is 13.8 Å². The lowest BCUT2D eigenvalue weighted by Gasteiger charge is -2.43. The molecule has 0 radical (unpaired) electrons. The monoisotopic (exact) mass is 588 g/mol. The molecule has 0 saturated carbocycles. The van der Waals surface area contributed by atoms with Gasteiger partial charge in [-0.2, -0.15) is 5.10 Å². The average Bonchev–Trinajstić information content (AvgIpc) is 3.33. The number of aromatic nitrogens is 2. The van der Waals surface area contributed by atoms with Gasteiger partial charge >= 0.3 is 12.0 Å². The molecule has 1 aliphatic heterocycles. The molecule has 2 heterocycles. The number of hydrogen-bond donors (Lipinski definition) is 3. The quantitative estimate of drug-likeness (QED) is 0.375. The van der Waals surface area contributed by atoms with Gasteiger partial charge in [0.1, 0.15) is 5.69 Å². The highest BCUT2D eigenvalue weighted by atomic mass is 16.4. The number of amides is 4. The van der Waals surface area contributed by atoms with Crippen LogP contribution in [0.15, 0.2) is 54.6 Å². The Morgan fingerprint density at radius 2 is 1.63 bits per heavy atom. The third-order valence-corrected chi connectivity index (χ3v) is 7.42. The largest absolute Gasteiger partial charge is 0.481 e. The Kier molecular flexibility index (Phi) is 9.22. The lowest BCUT2D eigenvalue weighted by Crippen LogP contribution is -2.64. The number of benzene rings is 2. The Morgan fingerprint density at radius 3 is 2.23 bits per heavy atom. The maximum Gasteiger partial charge on any atom is 0.323 e. The molecule has 1 aliphatic rings. The van der Waals surface area contributed by atoms with Crippen molar-refractivity contribution in [3.8, 4) is 0 Å². The van der Waals surface area contributed by atoms with Gasteiger partial charge in [0.05, 0.1) is 18.2 Å². The molecule has 1 saturated heterocycles. The third-order valence-electron chi connectivity index (χ3n) is 7.42. The van der Waals surface area contributed by atoms with Crippen LogP contribution in [0.4, 0.5) is 10.5 Å². The summed E-state index contributed by atoms with van der Waals surface area (Å²) in [7, 11) is 1.67. The van der Waals surface area contributed by atoms with E-state index in [-0.39, 0.29) is 30.6 Å². The van der Waals surface area contributed by atoms with Crippen LogP contribution >= 0.6 is 0 Å². The van der Waals surface area contributed by atoms with Crippen molar-refractivity contribution < 1.29 is 24.3 Å². The molecular formula is C32H40N6O5. The fraction of sp³-hybridized carbons (Fsp3) is 0.406. The summed E-state index contributed by atoms with van der Waals surface area (Å²) in [5.74, 6) is -2.20. The molecule has 1 aromatic heterocycles. The van der Waals surface area contributed by atoms with Crippen molar-refractivity contribution in [3.05, 3.63) is 82.7 Å². The van der Waals surface area contributed by atoms with Gasteiger partial charge < -0.3 is 20.6 Å². The van der Waals surface area contributed by atoms with Crippen LogP contribution in [0.3, 0.4) is 0 Å². The number of rotatable bonds is 7. The normalized spacial score (nSPS) is 16.0. The third kappa shape index (κ3) is 7.40. The molecule has 2 atom stereocenters. The number of hydrogen-bond acceptors (Lipinski definition) is 5. The van der Waals surface area contributed by atoms with E-state index in [1.807, 2.05) is 65.0 Å². The fourth-order valence-corrected chi connectivity index (χ4v) is 5.19. The highest BCUT2D eigenvalue weighted by molar-refractivity contribution is 5.99. The molecule has 4 rings (SSSR count). The zero-order valence-corrected chi connectivity index (χ0v) is 25.5. The number of carbonyl (C=O) groups excluding carboxylic acids is 3. The summed E-state index contributed by atoms with van der Waals surface area (Å²) >= 11 is 0. The molecule has 1 fully saturated rings. The number of aliphatic carboxylic acids is 1. The molecule has 11 nitrogen and oxygen atoms in total. The average molecular weight is 589 g/mol. The highest BCUT2D eigenvalue weighted by Gasteiger charge is 2.42. The number of nitrogens with one attached hydrogen (secondary N) is 2. The molecule has 4 amide bonds. The summed E-state index contributed by atoms with van der Waals surface area (Å²) in [5, 5.41) is 19.9. The van der Waals surface area contributed by atoms with E-state index in [1.165, 1.54) is 14.5 Å². The van der Waals surface area contributed by atoms with Crippen molar-refractivity contribution >= 4 is 29.5 Å². The zero-order valence-electron chi connectivity index (χ0n) is 25.5. The Hall–Kier alpha value is -4.67. The van der Waals surface area contributed by atoms with Crippen LogP contribution in [-0.2, 0) is 22.1 Å². The fourth-order valence-electron chi connectivity index (χ4n) is 5.19. The highest BCUT2D eigenvalue weighted by Crippen LogP contribution is 2.26. The number of anilines is 1. The molecule has 3 aromatic rings. The van der Waals surface area contributed by atoms with Gasteiger partial charge in [0.15, 0.2) is 6.17 Å². The topological polar surface area (TPSA) is 137 Å². The lowest BCUT2D eigenvalue weighted by atomic mass is 9.92. The molecule has 228 valence electrons. The van der Waals surface area contributed by atoms with Crippen molar-refractivity contribution in [3.63, 3.8) is 0 Å². The maximum absolute atomic E-state index is 14.1. The summed E-state index contributed by atoms with van der Waals surface area (Å²) in [6.45, 7) is 10.2. The summed E-state index contributed by atoms with van der Waals surface area (Å²) in [4.78, 5) is 56.3. The minimum Gasteiger partial charge on any atom is -0.481 e. The first-order chi connectivity index (χ1) is 20.2. The molecule has 11 heteroatoms. The van der Waals surface area contributed by atoms with Gasteiger partial charge in [-0.05, 0) is 49.6 Å². The number of urea groups is 1. The standard InChI is InChI=1S/C32H40N6O5/c1-20-10-7-12-22(16-20)24(18-27(39)40)34-28(41)29-37(30(42)25-19-26(32(3,4)5)35-36(25)6)14-9-15-38(29)31(43)33-23-13-8-11-21(2)17-23/h7-8,10-13,16-17,19,24,29H,9,14-15,18H2,1-6H3,(H,33,43)(H,34,41)(H,39,40). The molecular weight excluding hydrogens is 548 g/mol. The van der Waals surface area contributed by atoms with Crippen molar-refractivity contribution in [2.45, 2.75) is 65.1 Å². The van der Waals surface area contributed by atoms with Crippen LogP contribution in [0.2, 0.25) is 0 Å². The van der Waals surface area contributed by atoms with Gasteiger partial charge in [-0.15, -0.1) is 0 Å². The summed E-state index contributed by atoms with van der Waals surface area (Å²) in [6, 6.07) is 14.8. The van der Waals surface area contributed by atoms with Gasteiger partial charge in [0.2, 0.25) is 0 Å². The Labute approximate surface area is 251 Å². The minimum atomic E-state index is -1.33. The van der Waals surface area contributed by atoms with Gasteiger partial charge in [-0.1, -0.05) is 62.7 Å². The second-order valence-electron chi connectivity index (χ2n) is 12.1. The van der Waals surface area contributed by atoms with Gasteiger partial charge in [-0.25, -0.2) is 4.79 Å². The minimum absolute atomic E-state index is 0.214. The molecule has 2 unspecified atom stereocenters. The number of carboxylic acids is 1. The van der Waals surface area contributed by atoms with Gasteiger partial charge in [-0.3, -0.25) is 24.0 Å². The Balaban J connectivity index is 1.72. The van der Waals surface area contributed by atoms with E-state index in [2.05, 4.69) is 15.7 Å². The van der Waals surface area contributed by atoms with Crippen LogP contribution in [-0.4, -0.2) is 67.8 Å². The van der Waals surface area contributed by atoms with Gasteiger partial charge in [0.25, 0.3) is 11.8 Å². The van der Waals surface area contributed by atoms with Crippen LogP contribution in [0.25, 0.3) is 0 Å². The van der Waals surface area contributed by atoms with Crippen molar-refractivity contribution in [2.24, 2.45) is 7.05 Å². The first-order valence-corrected chi connectivity index (χ1v) is 14.3. The van der Waals surface area contributed by atoms with E-state index in [4.69, 9.17) is 0 Å². The lowest BCUT2D eigenvalue weighted by molar-refractivity contribution is -0.138. The first kappa shape index (κ1) is 31.3. The maximum atomic E-state index is 14.1. The Bertz CT molecular complexity index is 1520. The molecule has 0 spiro atoms. The van der Waals surface area contributed by atoms with E-state index in [0.29, 0.717) is 23.4 Å². The number of nitrogens with zero attached hydrogens (tertiary/aromatic N) is 4. The van der Waals surface area contributed by atoms with E-state index in [1.54, 1.807) is 31.3 Å². The first-order valence-electron chi connectivity index (χ1n) is 14.3. The van der Waals surface area contributed by atoms with Crippen molar-refractivity contribution in [1.82, 2.24) is 24.9 Å². The van der Waals surface area contributed by atoms with E-state index >= 15 is 0 Å². The molecule has 2 aromatic carbocycles. The molecule has 3 N–H and O–H groups in total. The van der Waals surface area contributed by atoms with Crippen LogP contribution < -0.4 is 10.6 Å². The predicted octanol–water partition coefficient (Wildman–Crippen LogP) is 4.37. The molecule has 0 aliphatic carbocycles. The summed E-state index contributed by atoms with van der Waals surface area (Å²) in [6.07, 6.45) is -1.26. The van der Waals surface area contributed by atoms with E-state index in [9.17, 15) is 24.3 Å². The predicted molar refractivity (Wildman–Crippen MR) is 163 cm³/mol. The number of carboxylic acid groups (broad SMARTS) is 1. The summed E-state index contributed by atoms with van der Waals surface area (Å²) in [5.41, 5.74) is 3.70. The van der Waals surface area contributed by atoms with E-state index < -0.39 is 36.0 Å². The number of carbonyl (C=O) groups is 4. The zero-order chi connectivity index (χ0) is 31.5. The van der Waals surface area contributed by atoms with Gasteiger partial charge in [0, 0.05) is 31.2 Å². The second kappa shape index (κ2) is 12.7. The van der Waals surface area contributed by atoms with Crippen LogP contribution in [0.5, 0.6) is 0 Å². The smallest absolute Gasteiger partial charge is 0.323 e. The SMILES string of the molecule is Cc1cccc(NC(=O)N2CCCN(C(=O)c3cc(C(C)(C)C)nn3C)C2C(=O)NC(CC(=O)O)c2cccc(C)c2)c1. The van der Waals surface area contributed by atoms with Crippen molar-refractivity contribution in [2.75, 3.05) is 18.4 Å². The number of aryl methyl sites for hydroxylation is 3. The second-order valence-corrected chi connectivity index (χ2v) is 12.1. The summed E-state index contributed by atoms with van der Waals surface area (Å²) < 4.78 is 1.49. The van der Waals surface area contributed by atoms with E-state index in [0.717, 1.165) is 11.1 Å².